The van der Waals surface area contributed by atoms with Gasteiger partial charge in [-0.3, -0.25) is 19.3 Å². The van der Waals surface area contributed by atoms with Gasteiger partial charge in [-0.2, -0.15) is 0 Å². The number of benzene rings is 2. The van der Waals surface area contributed by atoms with Gasteiger partial charge in [0.05, 0.1) is 17.7 Å². The summed E-state index contributed by atoms with van der Waals surface area (Å²) >= 11 is 1.00. The normalized spacial score (nSPS) is 18.5. The van der Waals surface area contributed by atoms with Gasteiger partial charge in [-0.15, -0.1) is 0 Å². The lowest BCUT2D eigenvalue weighted by atomic mass is 9.73. The minimum atomic E-state index is -0.857. The van der Waals surface area contributed by atoms with Crippen LogP contribution in [-0.4, -0.2) is 40.9 Å². The Kier molecular flexibility index (Phi) is 5.87. The van der Waals surface area contributed by atoms with Crippen molar-refractivity contribution >= 4 is 34.5 Å². The molecule has 2 fully saturated rings. The Hall–Kier alpha value is -2.71. The molecule has 0 unspecified atom stereocenters. The summed E-state index contributed by atoms with van der Waals surface area (Å²) in [6.07, 6.45) is 0.939. The minimum absolute atomic E-state index is 0.179. The van der Waals surface area contributed by atoms with Gasteiger partial charge in [0.15, 0.2) is 0 Å². The average molecular weight is 428 g/mol. The van der Waals surface area contributed by atoms with E-state index in [1.165, 1.54) is 17.0 Å². The summed E-state index contributed by atoms with van der Waals surface area (Å²) in [5.41, 5.74) is 1.18. The van der Waals surface area contributed by atoms with E-state index in [1.807, 2.05) is 0 Å². The van der Waals surface area contributed by atoms with Crippen LogP contribution in [0.25, 0.3) is 0 Å². The summed E-state index contributed by atoms with van der Waals surface area (Å²) in [4.78, 5) is 38.0. The Morgan fingerprint density at radius 3 is 2.50 bits per heavy atom. The van der Waals surface area contributed by atoms with Gasteiger partial charge in [0.2, 0.25) is 11.8 Å². The maximum Gasteiger partial charge on any atom is 0.289 e. The maximum atomic E-state index is 13.8. The molecule has 2 aliphatic rings. The standard InChI is InChI=1S/C22H21FN2O4S/c23-17-3-1-2-16(12-17)22(8-10-29-11-9-22)20(27)24-18-6-4-15(5-7-18)13-25-19(26)14-30-21(25)28/h1-7,12H,8-11,13-14H2,(H,24,27). The summed E-state index contributed by atoms with van der Waals surface area (Å²) in [5.74, 6) is -0.595. The number of hydrogen-bond donors (Lipinski definition) is 1. The molecule has 0 radical (unpaired) electrons. The van der Waals surface area contributed by atoms with Gasteiger partial charge in [-0.25, -0.2) is 4.39 Å². The van der Waals surface area contributed by atoms with Gasteiger partial charge in [-0.05, 0) is 48.2 Å². The topological polar surface area (TPSA) is 75.7 Å². The van der Waals surface area contributed by atoms with E-state index in [-0.39, 0.29) is 35.2 Å². The van der Waals surface area contributed by atoms with Crippen LogP contribution in [0.5, 0.6) is 0 Å². The molecule has 0 atom stereocenters. The summed E-state index contributed by atoms with van der Waals surface area (Å²) < 4.78 is 19.3. The first-order valence-corrected chi connectivity index (χ1v) is 10.7. The number of rotatable bonds is 5. The summed E-state index contributed by atoms with van der Waals surface area (Å²) in [5, 5.41) is 2.70. The molecule has 0 spiro atoms. The lowest BCUT2D eigenvalue weighted by Crippen LogP contribution is -2.44. The average Bonchev–Trinajstić information content (AvgIpc) is 3.07. The SMILES string of the molecule is O=C1CSC(=O)N1Cc1ccc(NC(=O)C2(c3cccc(F)c3)CCOCC2)cc1. The van der Waals surface area contributed by atoms with E-state index < -0.39 is 5.41 Å². The number of nitrogens with zero attached hydrogens (tertiary/aromatic N) is 1. The fourth-order valence-corrected chi connectivity index (χ4v) is 4.54. The highest BCUT2D eigenvalue weighted by Gasteiger charge is 2.42. The van der Waals surface area contributed by atoms with E-state index in [2.05, 4.69) is 5.32 Å². The molecule has 0 aromatic heterocycles. The molecule has 2 saturated heterocycles. The van der Waals surface area contributed by atoms with E-state index in [1.54, 1.807) is 36.4 Å². The fourth-order valence-electron chi connectivity index (χ4n) is 3.81. The van der Waals surface area contributed by atoms with E-state index >= 15 is 0 Å². The number of carbonyl (C=O) groups excluding carboxylic acids is 3. The molecule has 1 N–H and O–H groups in total. The van der Waals surface area contributed by atoms with Gasteiger partial charge in [0.1, 0.15) is 5.82 Å². The van der Waals surface area contributed by atoms with Crippen LogP contribution < -0.4 is 5.32 Å². The first-order valence-electron chi connectivity index (χ1n) is 9.69. The highest BCUT2D eigenvalue weighted by Crippen LogP contribution is 2.36. The Morgan fingerprint density at radius 1 is 1.13 bits per heavy atom. The quantitative estimate of drug-likeness (QED) is 0.786. The molecule has 156 valence electrons. The van der Waals surface area contributed by atoms with Crippen LogP contribution in [0.1, 0.15) is 24.0 Å². The zero-order valence-electron chi connectivity index (χ0n) is 16.2. The highest BCUT2D eigenvalue weighted by atomic mass is 32.2. The van der Waals surface area contributed by atoms with E-state index in [4.69, 9.17) is 4.74 Å². The van der Waals surface area contributed by atoms with Gasteiger partial charge >= 0.3 is 0 Å². The Morgan fingerprint density at radius 2 is 1.87 bits per heavy atom. The van der Waals surface area contributed by atoms with Gasteiger partial charge < -0.3 is 10.1 Å². The molecule has 8 heteroatoms. The van der Waals surface area contributed by atoms with Gasteiger partial charge in [0, 0.05) is 18.9 Å². The van der Waals surface area contributed by atoms with E-state index in [9.17, 15) is 18.8 Å². The summed E-state index contributed by atoms with van der Waals surface area (Å²) in [7, 11) is 0. The van der Waals surface area contributed by atoms with Crippen molar-refractivity contribution in [2.45, 2.75) is 24.8 Å². The molecule has 0 bridgehead atoms. The van der Waals surface area contributed by atoms with Crippen molar-refractivity contribution in [1.82, 2.24) is 4.90 Å². The van der Waals surface area contributed by atoms with Crippen LogP contribution >= 0.6 is 11.8 Å². The van der Waals surface area contributed by atoms with Crippen molar-refractivity contribution in [3.8, 4) is 0 Å². The lowest BCUT2D eigenvalue weighted by Gasteiger charge is -2.36. The first kappa shape index (κ1) is 20.6. The minimum Gasteiger partial charge on any atom is -0.381 e. The van der Waals surface area contributed by atoms with Crippen molar-refractivity contribution in [1.29, 1.82) is 0 Å². The zero-order chi connectivity index (χ0) is 21.1. The van der Waals surface area contributed by atoms with Crippen LogP contribution in [-0.2, 0) is 26.3 Å². The number of ether oxygens (including phenoxy) is 1. The number of hydrogen-bond acceptors (Lipinski definition) is 5. The van der Waals surface area contributed by atoms with Crippen LogP contribution in [0.4, 0.5) is 14.9 Å². The number of thioether (sulfide) groups is 1. The Balaban J connectivity index is 1.50. The van der Waals surface area contributed by atoms with Crippen molar-refractivity contribution in [3.05, 3.63) is 65.5 Å². The van der Waals surface area contributed by atoms with Crippen molar-refractivity contribution in [3.63, 3.8) is 0 Å². The molecule has 2 aliphatic heterocycles. The third-order valence-electron chi connectivity index (χ3n) is 5.55. The van der Waals surface area contributed by atoms with Crippen molar-refractivity contribution in [2.75, 3.05) is 24.3 Å². The molecule has 6 nitrogen and oxygen atoms in total. The number of amides is 3. The molecular weight excluding hydrogens is 407 g/mol. The molecule has 2 aromatic carbocycles. The monoisotopic (exact) mass is 428 g/mol. The molecule has 30 heavy (non-hydrogen) atoms. The smallest absolute Gasteiger partial charge is 0.289 e. The molecular formula is C22H21FN2O4S. The molecule has 2 aromatic rings. The second-order valence-electron chi connectivity index (χ2n) is 7.39. The largest absolute Gasteiger partial charge is 0.381 e. The van der Waals surface area contributed by atoms with Crippen molar-refractivity contribution in [2.24, 2.45) is 0 Å². The predicted octanol–water partition coefficient (Wildman–Crippen LogP) is 3.71. The lowest BCUT2D eigenvalue weighted by molar-refractivity contribution is -0.125. The van der Waals surface area contributed by atoms with Crippen LogP contribution in [0, 0.1) is 5.82 Å². The zero-order valence-corrected chi connectivity index (χ0v) is 17.0. The third kappa shape index (κ3) is 4.11. The summed E-state index contributed by atoms with van der Waals surface area (Å²) in [6.45, 7) is 1.07. The maximum absolute atomic E-state index is 13.8. The predicted molar refractivity (Wildman–Crippen MR) is 112 cm³/mol. The van der Waals surface area contributed by atoms with Crippen LogP contribution in [0.3, 0.4) is 0 Å². The molecule has 2 heterocycles. The van der Waals surface area contributed by atoms with Crippen LogP contribution in [0.15, 0.2) is 48.5 Å². The second kappa shape index (κ2) is 8.57. The fraction of sp³-hybridized carbons (Fsp3) is 0.318. The number of anilines is 1. The second-order valence-corrected chi connectivity index (χ2v) is 8.32. The summed E-state index contributed by atoms with van der Waals surface area (Å²) in [6, 6.07) is 13.2. The number of imide groups is 1. The number of nitrogens with one attached hydrogen (secondary N) is 1. The number of carbonyl (C=O) groups is 3. The third-order valence-corrected chi connectivity index (χ3v) is 6.41. The van der Waals surface area contributed by atoms with E-state index in [0.29, 0.717) is 37.3 Å². The van der Waals surface area contributed by atoms with Crippen LogP contribution in [0.2, 0.25) is 0 Å². The number of halogens is 1. The molecule has 3 amide bonds. The highest BCUT2D eigenvalue weighted by molar-refractivity contribution is 8.14. The molecule has 0 saturated carbocycles. The van der Waals surface area contributed by atoms with Gasteiger partial charge in [-0.1, -0.05) is 36.0 Å². The van der Waals surface area contributed by atoms with E-state index in [0.717, 1.165) is 17.3 Å². The molecule has 4 rings (SSSR count). The first-order chi connectivity index (χ1) is 14.5. The Labute approximate surface area is 177 Å². The Bertz CT molecular complexity index is 957. The van der Waals surface area contributed by atoms with Crippen molar-refractivity contribution < 1.29 is 23.5 Å². The van der Waals surface area contributed by atoms with Gasteiger partial charge in [0.25, 0.3) is 5.24 Å². The molecule has 0 aliphatic carbocycles.